The zero-order valence-corrected chi connectivity index (χ0v) is 12.6. The highest BCUT2D eigenvalue weighted by Crippen LogP contribution is 2.23. The minimum atomic E-state index is -3.67. The van der Waals surface area contributed by atoms with E-state index in [2.05, 4.69) is 20.7 Å². The van der Waals surface area contributed by atoms with Crippen molar-refractivity contribution in [3.63, 3.8) is 0 Å². The monoisotopic (exact) mass is 336 g/mol. The summed E-state index contributed by atoms with van der Waals surface area (Å²) in [5.74, 6) is 0. The highest BCUT2D eigenvalue weighted by Gasteiger charge is 2.21. The van der Waals surface area contributed by atoms with Gasteiger partial charge in [0.15, 0.2) is 0 Å². The maximum Gasteiger partial charge on any atom is 0.242 e. The SMILES string of the molecule is CC(O)CC(C)NS(=O)(=O)c1cc(Br)ccc1N. The first kappa shape index (κ1) is 15.4. The molecule has 5 nitrogen and oxygen atoms in total. The normalized spacial score (nSPS) is 15.3. The molecule has 102 valence electrons. The van der Waals surface area contributed by atoms with E-state index in [1.807, 2.05) is 0 Å². The van der Waals surface area contributed by atoms with Crippen molar-refractivity contribution in [2.45, 2.75) is 37.3 Å². The molecular weight excluding hydrogens is 320 g/mol. The fourth-order valence-electron chi connectivity index (χ4n) is 1.63. The summed E-state index contributed by atoms with van der Waals surface area (Å²) in [6, 6.07) is 4.28. The lowest BCUT2D eigenvalue weighted by Crippen LogP contribution is -2.35. The van der Waals surface area contributed by atoms with Crippen LogP contribution in [0.25, 0.3) is 0 Å². The Balaban J connectivity index is 2.96. The molecule has 0 saturated heterocycles. The molecule has 0 aliphatic heterocycles. The number of sulfonamides is 1. The Labute approximate surface area is 116 Å². The number of aliphatic hydroxyl groups excluding tert-OH is 1. The van der Waals surface area contributed by atoms with Crippen molar-refractivity contribution >= 4 is 31.6 Å². The minimum Gasteiger partial charge on any atom is -0.398 e. The van der Waals surface area contributed by atoms with Crippen molar-refractivity contribution in [2.24, 2.45) is 0 Å². The van der Waals surface area contributed by atoms with Crippen molar-refractivity contribution in [1.82, 2.24) is 4.72 Å². The second kappa shape index (κ2) is 6.01. The Morgan fingerprint density at radius 1 is 1.44 bits per heavy atom. The summed E-state index contributed by atoms with van der Waals surface area (Å²) < 4.78 is 27.3. The van der Waals surface area contributed by atoms with Gasteiger partial charge in [0.25, 0.3) is 0 Å². The Bertz CT molecular complexity index is 517. The van der Waals surface area contributed by atoms with Crippen LogP contribution in [0.1, 0.15) is 20.3 Å². The van der Waals surface area contributed by atoms with Crippen molar-refractivity contribution in [3.8, 4) is 0 Å². The number of aliphatic hydroxyl groups is 1. The number of hydrogen-bond donors (Lipinski definition) is 3. The highest BCUT2D eigenvalue weighted by atomic mass is 79.9. The summed E-state index contributed by atoms with van der Waals surface area (Å²) in [7, 11) is -3.67. The van der Waals surface area contributed by atoms with Gasteiger partial charge in [-0.25, -0.2) is 13.1 Å². The molecule has 7 heteroatoms. The first-order valence-corrected chi connectivity index (χ1v) is 7.75. The predicted molar refractivity (Wildman–Crippen MR) is 74.6 cm³/mol. The Morgan fingerprint density at radius 3 is 2.61 bits per heavy atom. The van der Waals surface area contributed by atoms with Gasteiger partial charge in [0.1, 0.15) is 4.90 Å². The number of hydrogen-bond acceptors (Lipinski definition) is 4. The molecule has 0 bridgehead atoms. The molecule has 1 aromatic carbocycles. The van der Waals surface area contributed by atoms with Gasteiger partial charge in [0.05, 0.1) is 11.8 Å². The third-order valence-electron chi connectivity index (χ3n) is 2.32. The molecule has 0 saturated carbocycles. The van der Waals surface area contributed by atoms with Crippen LogP contribution in [0.2, 0.25) is 0 Å². The Kier molecular flexibility index (Phi) is 5.15. The smallest absolute Gasteiger partial charge is 0.242 e. The third kappa shape index (κ3) is 4.24. The molecule has 0 radical (unpaired) electrons. The maximum atomic E-state index is 12.1. The molecule has 0 spiro atoms. The number of rotatable bonds is 5. The molecule has 0 fully saturated rings. The van der Waals surface area contributed by atoms with Gasteiger partial charge in [-0.05, 0) is 38.5 Å². The molecule has 0 heterocycles. The van der Waals surface area contributed by atoms with E-state index < -0.39 is 16.1 Å². The topological polar surface area (TPSA) is 92.4 Å². The molecule has 0 amide bonds. The standard InChI is InChI=1S/C11H17BrN2O3S/c1-7(5-8(2)15)14-18(16,17)11-6-9(12)3-4-10(11)13/h3-4,6-8,14-15H,5,13H2,1-2H3. The quantitative estimate of drug-likeness (QED) is 0.710. The van der Waals surface area contributed by atoms with Crippen LogP contribution in [0.4, 0.5) is 5.69 Å². The fraction of sp³-hybridized carbons (Fsp3) is 0.455. The molecule has 0 aliphatic carbocycles. The number of benzene rings is 1. The van der Waals surface area contributed by atoms with E-state index in [-0.39, 0.29) is 16.6 Å². The van der Waals surface area contributed by atoms with Crippen molar-refractivity contribution < 1.29 is 13.5 Å². The number of nitrogens with one attached hydrogen (secondary N) is 1. The number of halogens is 1. The molecule has 2 atom stereocenters. The average molecular weight is 337 g/mol. The van der Waals surface area contributed by atoms with Crippen molar-refractivity contribution in [2.75, 3.05) is 5.73 Å². The predicted octanol–water partition coefficient (Wildman–Crippen LogP) is 1.47. The van der Waals surface area contributed by atoms with Gasteiger partial charge in [0.2, 0.25) is 10.0 Å². The van der Waals surface area contributed by atoms with Crippen LogP contribution in [0.5, 0.6) is 0 Å². The first-order valence-electron chi connectivity index (χ1n) is 5.48. The summed E-state index contributed by atoms with van der Waals surface area (Å²) in [6.45, 7) is 3.30. The number of nitrogens with two attached hydrogens (primary N) is 1. The number of anilines is 1. The zero-order chi connectivity index (χ0) is 13.9. The van der Waals surface area contributed by atoms with E-state index in [0.717, 1.165) is 0 Å². The van der Waals surface area contributed by atoms with Gasteiger partial charge < -0.3 is 10.8 Å². The van der Waals surface area contributed by atoms with E-state index in [1.54, 1.807) is 19.9 Å². The lowest BCUT2D eigenvalue weighted by Gasteiger charge is -2.16. The summed E-state index contributed by atoms with van der Waals surface area (Å²) in [6.07, 6.45) is -0.227. The van der Waals surface area contributed by atoms with Crippen LogP contribution in [-0.4, -0.2) is 25.7 Å². The third-order valence-corrected chi connectivity index (χ3v) is 4.45. The molecule has 18 heavy (non-hydrogen) atoms. The summed E-state index contributed by atoms with van der Waals surface area (Å²) in [5.41, 5.74) is 5.85. The van der Waals surface area contributed by atoms with E-state index in [0.29, 0.717) is 10.9 Å². The first-order chi connectivity index (χ1) is 8.22. The van der Waals surface area contributed by atoms with Gasteiger partial charge in [-0.1, -0.05) is 15.9 Å². The van der Waals surface area contributed by atoms with Gasteiger partial charge in [-0.15, -0.1) is 0 Å². The molecule has 0 aromatic heterocycles. The largest absolute Gasteiger partial charge is 0.398 e. The van der Waals surface area contributed by atoms with Crippen molar-refractivity contribution in [3.05, 3.63) is 22.7 Å². The van der Waals surface area contributed by atoms with Gasteiger partial charge in [-0.3, -0.25) is 0 Å². The van der Waals surface area contributed by atoms with Gasteiger partial charge >= 0.3 is 0 Å². The second-order valence-electron chi connectivity index (χ2n) is 4.29. The number of nitrogen functional groups attached to an aromatic ring is 1. The van der Waals surface area contributed by atoms with Crippen LogP contribution in [0.15, 0.2) is 27.6 Å². The van der Waals surface area contributed by atoms with E-state index in [1.165, 1.54) is 12.1 Å². The molecule has 1 rings (SSSR count). The summed E-state index contributed by atoms with van der Waals surface area (Å²) in [4.78, 5) is 0.0364. The van der Waals surface area contributed by atoms with Crippen LogP contribution < -0.4 is 10.5 Å². The lowest BCUT2D eigenvalue weighted by molar-refractivity contribution is 0.175. The van der Waals surface area contributed by atoms with Crippen LogP contribution >= 0.6 is 15.9 Å². The second-order valence-corrected chi connectivity index (χ2v) is 6.89. The van der Waals surface area contributed by atoms with E-state index >= 15 is 0 Å². The molecule has 1 aromatic rings. The zero-order valence-electron chi connectivity index (χ0n) is 10.2. The highest BCUT2D eigenvalue weighted by molar-refractivity contribution is 9.10. The lowest BCUT2D eigenvalue weighted by atomic mass is 10.2. The molecular formula is C11H17BrN2O3S. The molecule has 0 aliphatic rings. The Hall–Kier alpha value is -0.630. The van der Waals surface area contributed by atoms with Crippen LogP contribution in [-0.2, 0) is 10.0 Å². The average Bonchev–Trinajstić information content (AvgIpc) is 2.19. The maximum absolute atomic E-state index is 12.1. The van der Waals surface area contributed by atoms with Gasteiger partial charge in [-0.2, -0.15) is 0 Å². The van der Waals surface area contributed by atoms with Crippen molar-refractivity contribution in [1.29, 1.82) is 0 Å². The molecule has 2 unspecified atom stereocenters. The minimum absolute atomic E-state index is 0.0364. The van der Waals surface area contributed by atoms with Gasteiger partial charge in [0, 0.05) is 10.5 Å². The fourth-order valence-corrected chi connectivity index (χ4v) is 3.56. The van der Waals surface area contributed by atoms with E-state index in [9.17, 15) is 13.5 Å². The summed E-state index contributed by atoms with van der Waals surface area (Å²) >= 11 is 3.21. The Morgan fingerprint density at radius 2 is 2.06 bits per heavy atom. The van der Waals surface area contributed by atoms with Crippen LogP contribution in [0.3, 0.4) is 0 Å². The van der Waals surface area contributed by atoms with Crippen LogP contribution in [0, 0.1) is 0 Å². The van der Waals surface area contributed by atoms with E-state index in [4.69, 9.17) is 5.73 Å². The molecule has 4 N–H and O–H groups in total. The summed E-state index contributed by atoms with van der Waals surface area (Å²) in [5, 5.41) is 9.22.